The van der Waals surface area contributed by atoms with Gasteiger partial charge in [-0.05, 0) is 19.3 Å². The lowest BCUT2D eigenvalue weighted by molar-refractivity contribution is -0.141. The van der Waals surface area contributed by atoms with Gasteiger partial charge in [-0.1, -0.05) is 13.8 Å². The Morgan fingerprint density at radius 1 is 1.12 bits per heavy atom. The van der Waals surface area contributed by atoms with Gasteiger partial charge in [0, 0.05) is 45.7 Å². The molecule has 0 aromatic heterocycles. The van der Waals surface area contributed by atoms with Gasteiger partial charge in [0.25, 0.3) is 0 Å². The van der Waals surface area contributed by atoms with Gasteiger partial charge in [0.1, 0.15) is 0 Å². The molecule has 2 saturated heterocycles. The highest BCUT2D eigenvalue weighted by molar-refractivity contribution is 7.88. The van der Waals surface area contributed by atoms with Crippen molar-refractivity contribution in [3.8, 4) is 0 Å². The molecule has 24 heavy (non-hydrogen) atoms. The van der Waals surface area contributed by atoms with Crippen molar-refractivity contribution in [3.63, 3.8) is 0 Å². The molecule has 0 saturated carbocycles. The Bertz CT molecular complexity index is 617. The molecule has 7 nitrogen and oxygen atoms in total. The van der Waals surface area contributed by atoms with E-state index in [0.29, 0.717) is 38.9 Å². The summed E-state index contributed by atoms with van der Waals surface area (Å²) in [7, 11) is 0.0336. The first-order chi connectivity index (χ1) is 11.0. The van der Waals surface area contributed by atoms with Crippen LogP contribution in [0.3, 0.4) is 0 Å². The monoisotopic (exact) mass is 359 g/mol. The Balaban J connectivity index is 2.38. The van der Waals surface area contributed by atoms with Crippen LogP contribution in [0.5, 0.6) is 0 Å². The number of fused-ring (bicyclic) bond motifs is 1. The number of nitrogens with zero attached hydrogens (tertiary/aromatic N) is 3. The van der Waals surface area contributed by atoms with Gasteiger partial charge in [-0.15, -0.1) is 0 Å². The molecule has 0 aliphatic carbocycles. The van der Waals surface area contributed by atoms with Gasteiger partial charge < -0.3 is 9.80 Å². The lowest BCUT2D eigenvalue weighted by Crippen LogP contribution is -2.50. The van der Waals surface area contributed by atoms with Crippen LogP contribution in [-0.4, -0.2) is 80.4 Å². The highest BCUT2D eigenvalue weighted by Crippen LogP contribution is 2.45. The molecule has 0 aromatic carbocycles. The Hall–Kier alpha value is -1.15. The fourth-order valence-electron chi connectivity index (χ4n) is 4.13. The number of sulfonamides is 1. The quantitative estimate of drug-likeness (QED) is 0.730. The van der Waals surface area contributed by atoms with Gasteiger partial charge in [0.05, 0.1) is 11.7 Å². The van der Waals surface area contributed by atoms with Crippen molar-refractivity contribution in [1.82, 2.24) is 14.1 Å². The zero-order valence-corrected chi connectivity index (χ0v) is 16.1. The third kappa shape index (κ3) is 3.31. The number of likely N-dealkylation sites (tertiary alicyclic amines) is 1. The first-order valence-corrected chi connectivity index (χ1v) is 10.3. The summed E-state index contributed by atoms with van der Waals surface area (Å²) in [5.41, 5.74) is -0.724. The van der Waals surface area contributed by atoms with Crippen LogP contribution in [0.4, 0.5) is 0 Å². The normalized spacial score (nSPS) is 28.6. The largest absolute Gasteiger partial charge is 0.348 e. The number of hydrogen-bond donors (Lipinski definition) is 0. The van der Waals surface area contributed by atoms with E-state index in [-0.39, 0.29) is 23.8 Å². The van der Waals surface area contributed by atoms with Crippen LogP contribution in [-0.2, 0) is 19.6 Å². The summed E-state index contributed by atoms with van der Waals surface area (Å²) in [5, 5.41) is 0. The van der Waals surface area contributed by atoms with Gasteiger partial charge in [0.15, 0.2) is 0 Å². The molecule has 2 aliphatic heterocycles. The average molecular weight is 359 g/mol. The number of amides is 2. The standard InChI is InChI=1S/C16H29N3O4S/c1-12(2)14(20)18-9-6-13-16(7-10-18,15(21)17(3)4)8-11-19(13)24(5,22)23/h12-13H,6-11H2,1-5H3/t13-,16+/m1/s1. The lowest BCUT2D eigenvalue weighted by Gasteiger charge is -2.36. The molecule has 138 valence electrons. The molecule has 2 aliphatic rings. The predicted octanol–water partition coefficient (Wildman–Crippen LogP) is 0.373. The van der Waals surface area contributed by atoms with Gasteiger partial charge >= 0.3 is 0 Å². The lowest BCUT2D eigenvalue weighted by atomic mass is 9.75. The summed E-state index contributed by atoms with van der Waals surface area (Å²) in [6.07, 6.45) is 2.74. The van der Waals surface area contributed by atoms with Crippen molar-refractivity contribution >= 4 is 21.8 Å². The molecule has 0 spiro atoms. The second-order valence-corrected chi connectivity index (χ2v) is 9.45. The van der Waals surface area contributed by atoms with E-state index in [1.165, 1.54) is 10.6 Å². The van der Waals surface area contributed by atoms with E-state index >= 15 is 0 Å². The molecule has 0 unspecified atom stereocenters. The van der Waals surface area contributed by atoms with Crippen molar-refractivity contribution in [2.75, 3.05) is 40.0 Å². The average Bonchev–Trinajstić information content (AvgIpc) is 2.75. The summed E-state index contributed by atoms with van der Waals surface area (Å²) in [6.45, 7) is 5.09. The molecular weight excluding hydrogens is 330 g/mol. The third-order valence-corrected chi connectivity index (χ3v) is 6.62. The zero-order chi connectivity index (χ0) is 18.3. The van der Waals surface area contributed by atoms with Crippen LogP contribution in [0.15, 0.2) is 0 Å². The number of rotatable bonds is 3. The van der Waals surface area contributed by atoms with E-state index < -0.39 is 15.4 Å². The van der Waals surface area contributed by atoms with Crippen LogP contribution >= 0.6 is 0 Å². The van der Waals surface area contributed by atoms with Gasteiger partial charge in [-0.25, -0.2) is 8.42 Å². The molecular formula is C16H29N3O4S. The van der Waals surface area contributed by atoms with E-state index in [2.05, 4.69) is 0 Å². The maximum Gasteiger partial charge on any atom is 0.230 e. The molecule has 0 N–H and O–H groups in total. The van der Waals surface area contributed by atoms with E-state index in [0.717, 1.165) is 0 Å². The highest BCUT2D eigenvalue weighted by Gasteiger charge is 2.56. The minimum absolute atomic E-state index is 0.0301. The molecule has 2 rings (SSSR count). The fourth-order valence-corrected chi connectivity index (χ4v) is 5.32. The molecule has 2 atom stereocenters. The van der Waals surface area contributed by atoms with Crippen molar-refractivity contribution in [2.24, 2.45) is 11.3 Å². The molecule has 0 aromatic rings. The fraction of sp³-hybridized carbons (Fsp3) is 0.875. The number of hydrogen-bond acceptors (Lipinski definition) is 4. The van der Waals surface area contributed by atoms with E-state index in [1.807, 2.05) is 13.8 Å². The van der Waals surface area contributed by atoms with Crippen LogP contribution in [0.25, 0.3) is 0 Å². The summed E-state index contributed by atoms with van der Waals surface area (Å²) in [5.74, 6) is -0.0692. The number of carbonyl (C=O) groups excluding carboxylic acids is 2. The van der Waals surface area contributed by atoms with Gasteiger partial charge in [-0.3, -0.25) is 9.59 Å². The highest BCUT2D eigenvalue weighted by atomic mass is 32.2. The van der Waals surface area contributed by atoms with E-state index in [9.17, 15) is 18.0 Å². The molecule has 2 heterocycles. The Morgan fingerprint density at radius 3 is 2.21 bits per heavy atom. The van der Waals surface area contributed by atoms with Crippen molar-refractivity contribution in [1.29, 1.82) is 0 Å². The molecule has 2 amide bonds. The van der Waals surface area contributed by atoms with Crippen molar-refractivity contribution in [3.05, 3.63) is 0 Å². The summed E-state index contributed by atoms with van der Waals surface area (Å²) in [6, 6.07) is -0.368. The maximum atomic E-state index is 12.9. The molecule has 0 bridgehead atoms. The Labute approximate surface area is 145 Å². The summed E-state index contributed by atoms with van der Waals surface area (Å²) < 4.78 is 25.8. The van der Waals surface area contributed by atoms with Crippen LogP contribution in [0, 0.1) is 11.3 Å². The smallest absolute Gasteiger partial charge is 0.230 e. The Morgan fingerprint density at radius 2 is 1.71 bits per heavy atom. The topological polar surface area (TPSA) is 78.0 Å². The maximum absolute atomic E-state index is 12.9. The van der Waals surface area contributed by atoms with Crippen LogP contribution in [0.1, 0.15) is 33.1 Å². The Kier molecular flexibility index (Phi) is 5.30. The molecule has 2 fully saturated rings. The van der Waals surface area contributed by atoms with E-state index in [4.69, 9.17) is 0 Å². The first-order valence-electron chi connectivity index (χ1n) is 8.48. The van der Waals surface area contributed by atoms with Crippen molar-refractivity contribution < 1.29 is 18.0 Å². The minimum atomic E-state index is -3.38. The molecule has 0 radical (unpaired) electrons. The predicted molar refractivity (Wildman–Crippen MR) is 91.7 cm³/mol. The second-order valence-electron chi connectivity index (χ2n) is 7.51. The minimum Gasteiger partial charge on any atom is -0.348 e. The van der Waals surface area contributed by atoms with Crippen LogP contribution < -0.4 is 0 Å². The van der Waals surface area contributed by atoms with Gasteiger partial charge in [-0.2, -0.15) is 4.31 Å². The molecule has 8 heteroatoms. The first kappa shape index (κ1) is 19.2. The SMILES string of the molecule is CC(C)C(=O)N1CC[C@H]2N(S(C)(=O)=O)CC[C@@]2(C(=O)N(C)C)CC1. The third-order valence-electron chi connectivity index (χ3n) is 5.33. The summed E-state index contributed by atoms with van der Waals surface area (Å²) >= 11 is 0. The number of carbonyl (C=O) groups is 2. The van der Waals surface area contributed by atoms with Gasteiger partial charge in [0.2, 0.25) is 21.8 Å². The van der Waals surface area contributed by atoms with E-state index in [1.54, 1.807) is 23.9 Å². The summed E-state index contributed by atoms with van der Waals surface area (Å²) in [4.78, 5) is 28.6. The van der Waals surface area contributed by atoms with Crippen molar-refractivity contribution in [2.45, 2.75) is 39.2 Å². The van der Waals surface area contributed by atoms with Crippen LogP contribution in [0.2, 0.25) is 0 Å². The second kappa shape index (κ2) is 6.63. The zero-order valence-electron chi connectivity index (χ0n) is 15.3.